The molecule has 1 heterocycles. The van der Waals surface area contributed by atoms with Crippen LogP contribution in [-0.2, 0) is 11.2 Å². The Bertz CT molecular complexity index is 1780. The van der Waals surface area contributed by atoms with Crippen LogP contribution in [0, 0.1) is 0 Å². The van der Waals surface area contributed by atoms with Gasteiger partial charge < -0.3 is 16.0 Å². The molecule has 5 rings (SSSR count). The molecule has 3 N–H and O–H groups in total. The monoisotopic (exact) mass is 618 g/mol. The first-order valence-electron chi connectivity index (χ1n) is 15.7. The van der Waals surface area contributed by atoms with Crippen LogP contribution in [0.3, 0.4) is 0 Å². The van der Waals surface area contributed by atoms with Crippen molar-refractivity contribution in [2.45, 2.75) is 39.2 Å². The van der Waals surface area contributed by atoms with E-state index in [0.717, 1.165) is 43.6 Å². The number of benzene rings is 3. The molecule has 1 aliphatic rings. The van der Waals surface area contributed by atoms with E-state index in [2.05, 4.69) is 41.2 Å². The molecule has 0 spiro atoms. The predicted octanol–water partition coefficient (Wildman–Crippen LogP) is 5.48. The molecule has 4 aromatic rings. The van der Waals surface area contributed by atoms with Crippen molar-refractivity contribution in [1.29, 1.82) is 0 Å². The molecule has 0 radical (unpaired) electrons. The third kappa shape index (κ3) is 6.46. The Morgan fingerprint density at radius 3 is 2.46 bits per heavy atom. The van der Waals surface area contributed by atoms with Crippen molar-refractivity contribution in [1.82, 2.24) is 14.8 Å². The number of amides is 3. The zero-order chi connectivity index (χ0) is 32.8. The normalized spacial score (nSPS) is 15.2. The number of nitrogens with zero attached hydrogens (tertiary/aromatic N) is 3. The van der Waals surface area contributed by atoms with E-state index in [9.17, 15) is 19.2 Å². The summed E-state index contributed by atoms with van der Waals surface area (Å²) in [6, 6.07) is 23.5. The Hall–Kier alpha value is -5.15. The largest absolute Gasteiger partial charge is 0.372 e. The van der Waals surface area contributed by atoms with Gasteiger partial charge in [0.05, 0.1) is 29.9 Å². The molecule has 0 bridgehead atoms. The Morgan fingerprint density at radius 2 is 1.72 bits per heavy atom. The third-order valence-corrected chi connectivity index (χ3v) is 8.90. The number of fused-ring (bicyclic) bond motifs is 1. The molecular formula is C37H40N5O4+. The van der Waals surface area contributed by atoms with Gasteiger partial charge in [-0.1, -0.05) is 30.3 Å². The number of nitrogens with two attached hydrogens (primary N) is 1. The van der Waals surface area contributed by atoms with Crippen molar-refractivity contribution >= 4 is 35.4 Å². The lowest BCUT2D eigenvalue weighted by atomic mass is 9.87. The van der Waals surface area contributed by atoms with E-state index in [1.54, 1.807) is 43.6 Å². The molecule has 9 nitrogen and oxygen atoms in total. The van der Waals surface area contributed by atoms with Crippen molar-refractivity contribution in [2.75, 3.05) is 31.6 Å². The molecule has 1 aromatic heterocycles. The molecule has 1 aliphatic carbocycles. The molecule has 2 atom stereocenters. The number of pyridine rings is 1. The summed E-state index contributed by atoms with van der Waals surface area (Å²) in [6.07, 6.45) is 5.15. The summed E-state index contributed by atoms with van der Waals surface area (Å²) in [5, 5.41) is 3.22. The van der Waals surface area contributed by atoms with Gasteiger partial charge >= 0.3 is 5.91 Å². The number of aromatic nitrogens is 1. The minimum Gasteiger partial charge on any atom is -0.372 e. The number of aryl methyl sites for hydroxylation is 1. The van der Waals surface area contributed by atoms with Crippen molar-refractivity contribution < 1.29 is 19.2 Å². The maximum absolute atomic E-state index is 14.2. The number of quaternary nitrogens is 1. The van der Waals surface area contributed by atoms with Gasteiger partial charge in [-0.2, -0.15) is 0 Å². The van der Waals surface area contributed by atoms with Crippen LogP contribution in [0.15, 0.2) is 85.1 Å². The molecule has 0 saturated carbocycles. The highest BCUT2D eigenvalue weighted by molar-refractivity contribution is 6.07. The number of likely N-dealkylation sites (N-methyl/N-ethyl adjacent to an activating group) is 1. The van der Waals surface area contributed by atoms with Crippen molar-refractivity contribution in [3.8, 4) is 11.3 Å². The van der Waals surface area contributed by atoms with Gasteiger partial charge in [0.25, 0.3) is 5.91 Å². The molecular weight excluding hydrogens is 578 g/mol. The van der Waals surface area contributed by atoms with Gasteiger partial charge in [-0.05, 0) is 86.7 Å². The molecule has 0 aliphatic heterocycles. The van der Waals surface area contributed by atoms with Gasteiger partial charge in [-0.25, -0.2) is 9.28 Å². The number of carbonyl (C=O) groups is 4. The fourth-order valence-corrected chi connectivity index (χ4v) is 6.34. The number of hydrogen-bond donors (Lipinski definition) is 2. The van der Waals surface area contributed by atoms with Gasteiger partial charge in [0, 0.05) is 42.2 Å². The summed E-state index contributed by atoms with van der Waals surface area (Å²) in [7, 11) is 1.67. The zero-order valence-electron chi connectivity index (χ0n) is 26.5. The number of primary amides is 1. The van der Waals surface area contributed by atoms with E-state index in [-0.39, 0.29) is 29.6 Å². The number of nitrogens with one attached hydrogen (secondary N) is 1. The summed E-state index contributed by atoms with van der Waals surface area (Å²) >= 11 is 0. The minimum absolute atomic E-state index is 0.0862. The second kappa shape index (κ2) is 13.9. The Morgan fingerprint density at radius 1 is 0.957 bits per heavy atom. The molecule has 0 saturated heterocycles. The van der Waals surface area contributed by atoms with Crippen LogP contribution < -0.4 is 20.4 Å². The van der Waals surface area contributed by atoms with Crippen molar-refractivity contribution in [2.24, 2.45) is 5.73 Å². The molecule has 0 fully saturated rings. The lowest BCUT2D eigenvalue weighted by Crippen LogP contribution is -2.52. The van der Waals surface area contributed by atoms with Crippen molar-refractivity contribution in [3.05, 3.63) is 113 Å². The summed E-state index contributed by atoms with van der Waals surface area (Å²) in [4.78, 5) is 58.7. The number of rotatable bonds is 11. The lowest BCUT2D eigenvalue weighted by Gasteiger charge is -2.32. The number of hydrogen-bond acceptors (Lipinski definition) is 6. The second-order valence-electron chi connectivity index (χ2n) is 11.7. The van der Waals surface area contributed by atoms with Gasteiger partial charge in [-0.15, -0.1) is 0 Å². The maximum atomic E-state index is 14.2. The summed E-state index contributed by atoms with van der Waals surface area (Å²) in [5.41, 5.74) is 11.3. The van der Waals surface area contributed by atoms with E-state index in [4.69, 9.17) is 5.73 Å². The first-order chi connectivity index (χ1) is 22.2. The first-order valence-corrected chi connectivity index (χ1v) is 15.7. The van der Waals surface area contributed by atoms with E-state index >= 15 is 0 Å². The highest BCUT2D eigenvalue weighted by Crippen LogP contribution is 2.38. The average molecular weight is 619 g/mol. The van der Waals surface area contributed by atoms with E-state index in [1.807, 2.05) is 30.3 Å². The topological polar surface area (TPSA) is 122 Å². The van der Waals surface area contributed by atoms with Crippen LogP contribution in [0.2, 0.25) is 0 Å². The molecule has 46 heavy (non-hydrogen) atoms. The van der Waals surface area contributed by atoms with Gasteiger partial charge in [0.1, 0.15) is 12.2 Å². The zero-order valence-corrected chi connectivity index (χ0v) is 26.5. The highest BCUT2D eigenvalue weighted by atomic mass is 16.2. The molecule has 3 amide bonds. The summed E-state index contributed by atoms with van der Waals surface area (Å²) < 4.78 is -0.420. The Labute approximate surface area is 269 Å². The van der Waals surface area contributed by atoms with E-state index < -0.39 is 16.3 Å². The van der Waals surface area contributed by atoms with Crippen LogP contribution in [0.25, 0.3) is 11.3 Å². The smallest absolute Gasteiger partial charge is 0.351 e. The summed E-state index contributed by atoms with van der Waals surface area (Å²) in [6.45, 7) is 5.47. The number of anilines is 1. The quantitative estimate of drug-likeness (QED) is 0.170. The SMILES string of the molecule is CCN(CC)c1ccc([N@+](C)(CC=O)C(=O)c2cccc(C(N)=O)c2)c(-c2cc(C(=O)NC3CCCc4ccccc43)ccn2)c1. The Balaban J connectivity index is 1.59. The van der Waals surface area contributed by atoms with Gasteiger partial charge in [0.2, 0.25) is 5.91 Å². The second-order valence-corrected chi connectivity index (χ2v) is 11.7. The fraction of sp³-hybridized carbons (Fsp3) is 0.270. The lowest BCUT2D eigenvalue weighted by molar-refractivity contribution is -0.108. The number of aldehydes is 1. The van der Waals surface area contributed by atoms with Crippen LogP contribution >= 0.6 is 0 Å². The standard InChI is InChI=1S/C37H39N5O4/c1-4-41(5-2)29-16-17-34(42(3,20-21-43)37(46)28-13-8-12-26(22-28)35(38)44)31(24-29)33-23-27(18-19-39-33)36(45)40-32-15-9-11-25-10-6-7-14-30(25)32/h6-8,10,12-14,16-19,21-24,32H,4-5,9,11,15,20H2,1-3H3,(H2-,38,40,44,45)/p+1/t32?,42-/m0/s1. The van der Waals surface area contributed by atoms with Gasteiger partial charge in [-0.3, -0.25) is 19.4 Å². The third-order valence-electron chi connectivity index (χ3n) is 8.90. The fourth-order valence-electron chi connectivity index (χ4n) is 6.34. The van der Waals surface area contributed by atoms with Crippen LogP contribution in [0.5, 0.6) is 0 Å². The molecule has 236 valence electrons. The number of carbonyl (C=O) groups excluding carboxylic acids is 4. The summed E-state index contributed by atoms with van der Waals surface area (Å²) in [5.74, 6) is -1.26. The highest BCUT2D eigenvalue weighted by Gasteiger charge is 2.38. The van der Waals surface area contributed by atoms with E-state index in [0.29, 0.717) is 28.8 Å². The maximum Gasteiger partial charge on any atom is 0.351 e. The van der Waals surface area contributed by atoms with Crippen LogP contribution in [0.4, 0.5) is 11.4 Å². The Kier molecular flexibility index (Phi) is 9.72. The molecule has 3 aromatic carbocycles. The van der Waals surface area contributed by atoms with Crippen molar-refractivity contribution in [3.63, 3.8) is 0 Å². The first kappa shape index (κ1) is 32.2. The molecule has 1 unspecified atom stereocenters. The van der Waals surface area contributed by atoms with E-state index in [1.165, 1.54) is 11.6 Å². The van der Waals surface area contributed by atoms with Crippen LogP contribution in [-0.4, -0.2) is 55.7 Å². The minimum atomic E-state index is -0.653. The van der Waals surface area contributed by atoms with Gasteiger partial charge in [0.15, 0.2) is 6.29 Å². The molecule has 9 heteroatoms. The predicted molar refractivity (Wildman–Crippen MR) is 181 cm³/mol. The average Bonchev–Trinajstić information content (AvgIpc) is 3.08. The van der Waals surface area contributed by atoms with Crippen LogP contribution in [0.1, 0.15) is 74.9 Å².